The van der Waals surface area contributed by atoms with Crippen LogP contribution in [-0.4, -0.2) is 30.8 Å². The molecule has 0 radical (unpaired) electrons. The zero-order valence-electron chi connectivity index (χ0n) is 10.9. The lowest BCUT2D eigenvalue weighted by atomic mass is 10.0. The number of esters is 2. The molecule has 0 saturated carbocycles. The number of allylic oxidation sites excluding steroid dienone is 1. The summed E-state index contributed by atoms with van der Waals surface area (Å²) in [6.07, 6.45) is 1.43. The van der Waals surface area contributed by atoms with Crippen LogP contribution >= 0.6 is 0 Å². The molecule has 1 rings (SSSR count). The molecule has 0 aromatic carbocycles. The van der Waals surface area contributed by atoms with Gasteiger partial charge in [-0.25, -0.2) is 9.59 Å². The highest BCUT2D eigenvalue weighted by Gasteiger charge is 2.26. The standard InChI is InChI=1S/C13H18O5/c1-4-18-12(15)9-6-5-7-10(14)11(8(9)2)13(16)17-3/h14H,4-7H2,1-3H3. The number of aliphatic hydroxyl groups excluding tert-OH is 1. The molecular weight excluding hydrogens is 236 g/mol. The molecule has 0 aromatic heterocycles. The number of rotatable bonds is 3. The van der Waals surface area contributed by atoms with E-state index in [2.05, 4.69) is 4.74 Å². The van der Waals surface area contributed by atoms with Crippen molar-refractivity contribution in [3.63, 3.8) is 0 Å². The fraction of sp³-hybridized carbons (Fsp3) is 0.538. The summed E-state index contributed by atoms with van der Waals surface area (Å²) in [6, 6.07) is 0. The Bertz CT molecular complexity index is 417. The van der Waals surface area contributed by atoms with Crippen LogP contribution in [0.3, 0.4) is 0 Å². The van der Waals surface area contributed by atoms with Crippen LogP contribution < -0.4 is 0 Å². The van der Waals surface area contributed by atoms with Gasteiger partial charge in [-0.3, -0.25) is 0 Å². The van der Waals surface area contributed by atoms with Crippen molar-refractivity contribution in [3.8, 4) is 0 Å². The third kappa shape index (κ3) is 2.91. The number of hydrogen-bond donors (Lipinski definition) is 1. The van der Waals surface area contributed by atoms with Crippen molar-refractivity contribution in [1.29, 1.82) is 0 Å². The van der Waals surface area contributed by atoms with Crippen LogP contribution in [0.15, 0.2) is 22.5 Å². The Balaban J connectivity index is 3.21. The van der Waals surface area contributed by atoms with E-state index in [4.69, 9.17) is 4.74 Å². The van der Waals surface area contributed by atoms with Crippen molar-refractivity contribution in [2.45, 2.75) is 33.1 Å². The molecule has 0 amide bonds. The fourth-order valence-electron chi connectivity index (χ4n) is 1.96. The first-order valence-electron chi connectivity index (χ1n) is 5.90. The lowest BCUT2D eigenvalue weighted by molar-refractivity contribution is -0.138. The third-order valence-electron chi connectivity index (χ3n) is 2.87. The Labute approximate surface area is 106 Å². The second-order valence-electron chi connectivity index (χ2n) is 3.99. The van der Waals surface area contributed by atoms with Crippen LogP contribution in [0.1, 0.15) is 33.1 Å². The van der Waals surface area contributed by atoms with Crippen molar-refractivity contribution in [3.05, 3.63) is 22.5 Å². The van der Waals surface area contributed by atoms with E-state index < -0.39 is 11.9 Å². The van der Waals surface area contributed by atoms with Gasteiger partial charge in [0.1, 0.15) is 11.3 Å². The number of carbonyl (C=O) groups is 2. The van der Waals surface area contributed by atoms with Crippen molar-refractivity contribution in [1.82, 2.24) is 0 Å². The summed E-state index contributed by atoms with van der Waals surface area (Å²) in [7, 11) is 1.24. The lowest BCUT2D eigenvalue weighted by Gasteiger charge is -2.10. The molecule has 5 heteroatoms. The fourth-order valence-corrected chi connectivity index (χ4v) is 1.96. The van der Waals surface area contributed by atoms with E-state index in [1.807, 2.05) is 0 Å². The molecule has 0 spiro atoms. The lowest BCUT2D eigenvalue weighted by Crippen LogP contribution is -2.14. The normalized spacial score (nSPS) is 16.4. The first-order valence-corrected chi connectivity index (χ1v) is 5.90. The van der Waals surface area contributed by atoms with Crippen molar-refractivity contribution in [2.24, 2.45) is 0 Å². The first kappa shape index (κ1) is 14.3. The van der Waals surface area contributed by atoms with E-state index in [0.29, 0.717) is 30.4 Å². The molecular formula is C13H18O5. The summed E-state index contributed by atoms with van der Waals surface area (Å²) in [5, 5.41) is 9.84. The number of methoxy groups -OCH3 is 1. The predicted molar refractivity (Wildman–Crippen MR) is 64.9 cm³/mol. The Hall–Kier alpha value is -1.78. The van der Waals surface area contributed by atoms with E-state index in [1.165, 1.54) is 7.11 Å². The minimum absolute atomic E-state index is 0.0290. The molecule has 0 aliphatic heterocycles. The summed E-state index contributed by atoms with van der Waals surface area (Å²) in [5.74, 6) is -1.10. The van der Waals surface area contributed by atoms with Gasteiger partial charge in [0.25, 0.3) is 0 Å². The quantitative estimate of drug-likeness (QED) is 0.780. The molecule has 0 unspecified atom stereocenters. The molecule has 0 atom stereocenters. The SMILES string of the molecule is CCOC(=O)C1=C(C)C(C(=O)OC)=C(O)CCC1. The van der Waals surface area contributed by atoms with Crippen LogP contribution in [0.2, 0.25) is 0 Å². The summed E-state index contributed by atoms with van der Waals surface area (Å²) in [6.45, 7) is 3.62. The Morgan fingerprint density at radius 1 is 1.28 bits per heavy atom. The molecule has 18 heavy (non-hydrogen) atoms. The van der Waals surface area contributed by atoms with E-state index in [-0.39, 0.29) is 17.9 Å². The molecule has 5 nitrogen and oxygen atoms in total. The van der Waals surface area contributed by atoms with Crippen LogP contribution in [0, 0.1) is 0 Å². The van der Waals surface area contributed by atoms with E-state index in [0.717, 1.165) is 0 Å². The largest absolute Gasteiger partial charge is 0.511 e. The van der Waals surface area contributed by atoms with Crippen molar-refractivity contribution < 1.29 is 24.2 Å². The van der Waals surface area contributed by atoms with Gasteiger partial charge in [-0.05, 0) is 32.3 Å². The minimum Gasteiger partial charge on any atom is -0.511 e. The molecule has 0 fully saturated rings. The maximum absolute atomic E-state index is 11.8. The smallest absolute Gasteiger partial charge is 0.341 e. The molecule has 1 N–H and O–H groups in total. The summed E-state index contributed by atoms with van der Waals surface area (Å²) >= 11 is 0. The minimum atomic E-state index is -0.631. The van der Waals surface area contributed by atoms with Crippen LogP contribution in [0.4, 0.5) is 0 Å². The number of aliphatic hydroxyl groups is 1. The summed E-state index contributed by atoms with van der Waals surface area (Å²) in [4.78, 5) is 23.4. The second-order valence-corrected chi connectivity index (χ2v) is 3.99. The topological polar surface area (TPSA) is 72.8 Å². The number of ether oxygens (including phenoxy) is 2. The second kappa shape index (κ2) is 6.23. The molecule has 0 aromatic rings. The molecule has 1 aliphatic carbocycles. The molecule has 0 saturated heterocycles. The van der Waals surface area contributed by atoms with Crippen LogP contribution in [0.25, 0.3) is 0 Å². The molecule has 100 valence electrons. The van der Waals surface area contributed by atoms with Gasteiger partial charge in [0.15, 0.2) is 0 Å². The maximum Gasteiger partial charge on any atom is 0.341 e. The van der Waals surface area contributed by atoms with Gasteiger partial charge < -0.3 is 14.6 Å². The van der Waals surface area contributed by atoms with Gasteiger partial charge in [0.05, 0.1) is 13.7 Å². The van der Waals surface area contributed by atoms with Gasteiger partial charge in [0.2, 0.25) is 0 Å². The van der Waals surface area contributed by atoms with Crippen LogP contribution in [-0.2, 0) is 19.1 Å². The number of carbonyl (C=O) groups excluding carboxylic acids is 2. The molecule has 0 heterocycles. The van der Waals surface area contributed by atoms with Gasteiger partial charge in [-0.15, -0.1) is 0 Å². The maximum atomic E-state index is 11.8. The van der Waals surface area contributed by atoms with Gasteiger partial charge in [-0.2, -0.15) is 0 Å². The average molecular weight is 254 g/mol. The summed E-state index contributed by atoms with van der Waals surface area (Å²) < 4.78 is 9.58. The van der Waals surface area contributed by atoms with E-state index >= 15 is 0 Å². The van der Waals surface area contributed by atoms with Gasteiger partial charge >= 0.3 is 11.9 Å². The molecule has 1 aliphatic rings. The average Bonchev–Trinajstić information content (AvgIpc) is 2.48. The Morgan fingerprint density at radius 2 is 1.94 bits per heavy atom. The Kier molecular flexibility index (Phi) is 4.95. The first-order chi connectivity index (χ1) is 8.52. The van der Waals surface area contributed by atoms with Gasteiger partial charge in [0, 0.05) is 12.0 Å². The highest BCUT2D eigenvalue weighted by atomic mass is 16.5. The number of hydrogen-bond acceptors (Lipinski definition) is 5. The van der Waals surface area contributed by atoms with Gasteiger partial charge in [-0.1, -0.05) is 0 Å². The third-order valence-corrected chi connectivity index (χ3v) is 2.87. The van der Waals surface area contributed by atoms with E-state index in [1.54, 1.807) is 13.8 Å². The highest BCUT2D eigenvalue weighted by molar-refractivity contribution is 5.99. The highest BCUT2D eigenvalue weighted by Crippen LogP contribution is 2.29. The predicted octanol–water partition coefficient (Wildman–Crippen LogP) is 2.04. The zero-order valence-corrected chi connectivity index (χ0v) is 10.9. The van der Waals surface area contributed by atoms with Crippen molar-refractivity contribution >= 4 is 11.9 Å². The summed E-state index contributed by atoms with van der Waals surface area (Å²) in [5.41, 5.74) is 0.953. The molecule has 0 bridgehead atoms. The van der Waals surface area contributed by atoms with Crippen LogP contribution in [0.5, 0.6) is 0 Å². The zero-order chi connectivity index (χ0) is 13.7. The Morgan fingerprint density at radius 3 is 2.50 bits per heavy atom. The van der Waals surface area contributed by atoms with Crippen molar-refractivity contribution in [2.75, 3.05) is 13.7 Å². The monoisotopic (exact) mass is 254 g/mol. The van der Waals surface area contributed by atoms with E-state index in [9.17, 15) is 14.7 Å².